The van der Waals surface area contributed by atoms with Crippen molar-refractivity contribution in [2.75, 3.05) is 26.2 Å². The Bertz CT molecular complexity index is 724. The van der Waals surface area contributed by atoms with Gasteiger partial charge in [-0.2, -0.15) is 0 Å². The molecule has 1 aromatic heterocycles. The van der Waals surface area contributed by atoms with E-state index in [0.29, 0.717) is 11.8 Å². The van der Waals surface area contributed by atoms with E-state index in [4.69, 9.17) is 4.74 Å². The predicted octanol–water partition coefficient (Wildman–Crippen LogP) is 2.94. The number of ether oxygens (including phenoxy) is 1. The number of piperazine rings is 1. The van der Waals surface area contributed by atoms with Crippen LogP contribution in [0.1, 0.15) is 19.8 Å². The van der Waals surface area contributed by atoms with Gasteiger partial charge in [-0.15, -0.1) is 0 Å². The molecule has 2 aliphatic rings. The van der Waals surface area contributed by atoms with Gasteiger partial charge in [0.25, 0.3) is 0 Å². The smallest absolute Gasteiger partial charge is 0.410 e. The van der Waals surface area contributed by atoms with Crippen LogP contribution in [0.15, 0.2) is 30.5 Å². The number of hydrogen-bond acceptors (Lipinski definition) is 3. The van der Waals surface area contributed by atoms with Crippen LogP contribution in [0.3, 0.4) is 0 Å². The number of fused-ring (bicyclic) bond motifs is 3. The second-order valence-electron chi connectivity index (χ2n) is 6.53. The summed E-state index contributed by atoms with van der Waals surface area (Å²) in [4.78, 5) is 16.8. The molecule has 0 saturated carbocycles. The van der Waals surface area contributed by atoms with Gasteiger partial charge in [0.2, 0.25) is 0 Å². The number of nitrogens with zero attached hydrogens (tertiary/aromatic N) is 3. The monoisotopic (exact) mass is 313 g/mol. The molecule has 2 fully saturated rings. The largest absolute Gasteiger partial charge is 0.415 e. The SMILES string of the molecule is CCCn1ccc2ccc(OC(=O)N3CCN4CCC3C4)cc21. The number of rotatable bonds is 3. The standard InChI is InChI=1S/C18H23N3O2/c1-2-7-20-9-5-14-3-4-16(12-17(14)20)23-18(22)21-11-10-19-8-6-15(21)13-19/h3-5,9,12,15H,2,6-8,10-11,13H2,1H3. The second kappa shape index (κ2) is 5.89. The Morgan fingerprint density at radius 1 is 1.26 bits per heavy atom. The van der Waals surface area contributed by atoms with Crippen molar-refractivity contribution in [3.8, 4) is 5.75 Å². The Morgan fingerprint density at radius 3 is 3.04 bits per heavy atom. The lowest BCUT2D eigenvalue weighted by Crippen LogP contribution is -2.50. The molecule has 1 amide bonds. The molecule has 122 valence electrons. The van der Waals surface area contributed by atoms with Gasteiger partial charge in [-0.3, -0.25) is 4.90 Å². The molecule has 0 spiro atoms. The summed E-state index contributed by atoms with van der Waals surface area (Å²) >= 11 is 0. The summed E-state index contributed by atoms with van der Waals surface area (Å²) in [5, 5.41) is 1.18. The normalized spacial score (nSPS) is 23.4. The molecule has 2 unspecified atom stereocenters. The van der Waals surface area contributed by atoms with E-state index in [2.05, 4.69) is 28.7 Å². The first-order valence-corrected chi connectivity index (χ1v) is 8.54. The fraction of sp³-hybridized carbons (Fsp3) is 0.500. The highest BCUT2D eigenvalue weighted by molar-refractivity contribution is 5.82. The summed E-state index contributed by atoms with van der Waals surface area (Å²) in [6, 6.07) is 8.32. The van der Waals surface area contributed by atoms with Gasteiger partial charge in [0, 0.05) is 51.0 Å². The molecule has 5 heteroatoms. The van der Waals surface area contributed by atoms with Gasteiger partial charge >= 0.3 is 6.09 Å². The lowest BCUT2D eigenvalue weighted by atomic mass is 10.2. The van der Waals surface area contributed by atoms with E-state index < -0.39 is 0 Å². The van der Waals surface area contributed by atoms with E-state index in [9.17, 15) is 4.79 Å². The van der Waals surface area contributed by atoms with E-state index in [1.807, 2.05) is 23.1 Å². The Labute approximate surface area is 136 Å². The molecule has 2 bridgehead atoms. The van der Waals surface area contributed by atoms with E-state index >= 15 is 0 Å². The Kier molecular flexibility index (Phi) is 3.73. The molecule has 2 atom stereocenters. The van der Waals surface area contributed by atoms with Crippen LogP contribution >= 0.6 is 0 Å². The number of benzene rings is 1. The third-order valence-electron chi connectivity index (χ3n) is 4.99. The Hall–Kier alpha value is -2.01. The minimum Gasteiger partial charge on any atom is -0.410 e. The zero-order valence-corrected chi connectivity index (χ0v) is 13.6. The molecule has 5 nitrogen and oxygen atoms in total. The topological polar surface area (TPSA) is 37.7 Å². The molecule has 2 saturated heterocycles. The minimum absolute atomic E-state index is 0.204. The average molecular weight is 313 g/mol. The van der Waals surface area contributed by atoms with Gasteiger partial charge in [0.15, 0.2) is 0 Å². The molecule has 23 heavy (non-hydrogen) atoms. The quantitative estimate of drug-likeness (QED) is 0.874. The van der Waals surface area contributed by atoms with E-state index in [0.717, 1.165) is 51.1 Å². The molecule has 1 aromatic carbocycles. The number of carbonyl (C=O) groups excluding carboxylic acids is 1. The molecular weight excluding hydrogens is 290 g/mol. The summed E-state index contributed by atoms with van der Waals surface area (Å²) in [5.74, 6) is 0.638. The minimum atomic E-state index is -0.204. The molecule has 3 heterocycles. The molecule has 0 aliphatic carbocycles. The first kappa shape index (κ1) is 14.6. The molecule has 0 radical (unpaired) electrons. The number of hydrogen-bond donors (Lipinski definition) is 0. The highest BCUT2D eigenvalue weighted by Gasteiger charge is 2.36. The molecular formula is C18H23N3O2. The van der Waals surface area contributed by atoms with Crippen molar-refractivity contribution in [3.63, 3.8) is 0 Å². The summed E-state index contributed by atoms with van der Waals surface area (Å²) in [6.45, 7) is 6.97. The lowest BCUT2D eigenvalue weighted by molar-refractivity contribution is 0.109. The molecule has 2 aromatic rings. The van der Waals surface area contributed by atoms with Crippen LogP contribution in [0.25, 0.3) is 10.9 Å². The Morgan fingerprint density at radius 2 is 2.17 bits per heavy atom. The van der Waals surface area contributed by atoms with Crippen molar-refractivity contribution in [1.29, 1.82) is 0 Å². The first-order valence-electron chi connectivity index (χ1n) is 8.54. The number of carbonyl (C=O) groups is 1. The third-order valence-corrected chi connectivity index (χ3v) is 4.99. The van der Waals surface area contributed by atoms with Crippen LogP contribution < -0.4 is 4.74 Å². The maximum atomic E-state index is 12.5. The predicted molar refractivity (Wildman–Crippen MR) is 89.8 cm³/mol. The number of aryl methyl sites for hydroxylation is 1. The van der Waals surface area contributed by atoms with Gasteiger partial charge in [-0.25, -0.2) is 4.79 Å². The van der Waals surface area contributed by atoms with Gasteiger partial charge in [0.05, 0.1) is 5.52 Å². The van der Waals surface area contributed by atoms with Crippen LogP contribution in [-0.4, -0.2) is 52.7 Å². The summed E-state index contributed by atoms with van der Waals surface area (Å²) in [5.41, 5.74) is 1.13. The maximum absolute atomic E-state index is 12.5. The van der Waals surface area contributed by atoms with E-state index in [1.165, 1.54) is 5.39 Å². The zero-order chi connectivity index (χ0) is 15.8. The van der Waals surface area contributed by atoms with Gasteiger partial charge < -0.3 is 14.2 Å². The van der Waals surface area contributed by atoms with Gasteiger partial charge in [-0.05, 0) is 36.4 Å². The lowest BCUT2D eigenvalue weighted by Gasteiger charge is -2.33. The number of amides is 1. The maximum Gasteiger partial charge on any atom is 0.415 e. The van der Waals surface area contributed by atoms with Gasteiger partial charge in [-0.1, -0.05) is 6.92 Å². The van der Waals surface area contributed by atoms with Crippen LogP contribution in [0.5, 0.6) is 5.75 Å². The number of aromatic nitrogens is 1. The fourth-order valence-electron chi connectivity index (χ4n) is 3.76. The highest BCUT2D eigenvalue weighted by atomic mass is 16.6. The van der Waals surface area contributed by atoms with Crippen LogP contribution in [0, 0.1) is 0 Å². The van der Waals surface area contributed by atoms with Crippen molar-refractivity contribution in [2.45, 2.75) is 32.4 Å². The average Bonchev–Trinajstić information content (AvgIpc) is 3.12. The van der Waals surface area contributed by atoms with Crippen LogP contribution in [0.2, 0.25) is 0 Å². The second-order valence-corrected chi connectivity index (χ2v) is 6.53. The summed E-state index contributed by atoms with van der Waals surface area (Å²) < 4.78 is 7.88. The molecule has 2 aliphatic heterocycles. The van der Waals surface area contributed by atoms with E-state index in [-0.39, 0.29) is 6.09 Å². The van der Waals surface area contributed by atoms with Crippen molar-refractivity contribution < 1.29 is 9.53 Å². The van der Waals surface area contributed by atoms with Crippen molar-refractivity contribution in [2.24, 2.45) is 0 Å². The van der Waals surface area contributed by atoms with Crippen LogP contribution in [0.4, 0.5) is 4.79 Å². The Balaban J connectivity index is 1.52. The van der Waals surface area contributed by atoms with E-state index in [1.54, 1.807) is 0 Å². The molecule has 4 rings (SSSR count). The summed E-state index contributed by atoms with van der Waals surface area (Å²) in [7, 11) is 0. The summed E-state index contributed by atoms with van der Waals surface area (Å²) in [6.07, 6.45) is 4.04. The van der Waals surface area contributed by atoms with Gasteiger partial charge in [0.1, 0.15) is 5.75 Å². The third kappa shape index (κ3) is 2.70. The van der Waals surface area contributed by atoms with Crippen molar-refractivity contribution in [3.05, 3.63) is 30.5 Å². The fourth-order valence-corrected chi connectivity index (χ4v) is 3.76. The van der Waals surface area contributed by atoms with Crippen molar-refractivity contribution in [1.82, 2.24) is 14.4 Å². The zero-order valence-electron chi connectivity index (χ0n) is 13.6. The van der Waals surface area contributed by atoms with Crippen molar-refractivity contribution >= 4 is 17.0 Å². The first-order chi connectivity index (χ1) is 11.2. The molecule has 0 N–H and O–H groups in total. The highest BCUT2D eigenvalue weighted by Crippen LogP contribution is 2.25. The van der Waals surface area contributed by atoms with Crippen LogP contribution in [-0.2, 0) is 6.54 Å².